The first kappa shape index (κ1) is 14.6. The number of hydrogen-bond acceptors (Lipinski definition) is 3. The molecule has 0 unspecified atom stereocenters. The molecule has 0 saturated carbocycles. The predicted octanol–water partition coefficient (Wildman–Crippen LogP) is 3.12. The summed E-state index contributed by atoms with van der Waals surface area (Å²) in [6.45, 7) is 0. The van der Waals surface area contributed by atoms with E-state index in [1.165, 1.54) is 0 Å². The van der Waals surface area contributed by atoms with E-state index in [9.17, 15) is 9.59 Å². The molecule has 0 atom stereocenters. The minimum absolute atomic E-state index is 0.221. The van der Waals surface area contributed by atoms with Gasteiger partial charge in [-0.3, -0.25) is 4.79 Å². The van der Waals surface area contributed by atoms with Crippen molar-refractivity contribution in [3.63, 3.8) is 0 Å². The number of carboxylic acids is 2. The van der Waals surface area contributed by atoms with Gasteiger partial charge in [-0.2, -0.15) is 0 Å². The Bertz CT molecular complexity index is 417. The third-order valence-electron chi connectivity index (χ3n) is 2.38. The van der Waals surface area contributed by atoms with E-state index in [1.807, 2.05) is 6.07 Å². The molecule has 98 valence electrons. The van der Waals surface area contributed by atoms with E-state index in [0.29, 0.717) is 12.0 Å². The van der Waals surface area contributed by atoms with Gasteiger partial charge in [-0.25, -0.2) is 4.79 Å². The summed E-state index contributed by atoms with van der Waals surface area (Å²) in [5.41, 5.74) is 0.297. The van der Waals surface area contributed by atoms with Crippen molar-refractivity contribution in [2.75, 3.05) is 5.75 Å². The molecule has 0 aliphatic rings. The summed E-state index contributed by atoms with van der Waals surface area (Å²) in [6.07, 6.45) is 2.75. The van der Waals surface area contributed by atoms with E-state index in [4.69, 9.17) is 10.2 Å². The van der Waals surface area contributed by atoms with Crippen LogP contribution in [0.1, 0.15) is 36.0 Å². The first-order valence-corrected chi connectivity index (χ1v) is 6.76. The molecule has 0 aromatic heterocycles. The van der Waals surface area contributed by atoms with Gasteiger partial charge in [0.15, 0.2) is 0 Å². The summed E-state index contributed by atoms with van der Waals surface area (Å²) in [5.74, 6) is -0.793. The molecule has 0 radical (unpaired) electrons. The molecule has 4 nitrogen and oxygen atoms in total. The number of unbranched alkanes of at least 4 members (excludes halogenated alkanes) is 2. The standard InChI is InChI=1S/C13H16O4S/c14-12(15)7-2-1-3-8-18-11-6-4-5-10(9-11)13(16)17/h4-6,9H,1-3,7-8H2,(H,14,15)(H,16,17). The van der Waals surface area contributed by atoms with Crippen molar-refractivity contribution in [3.8, 4) is 0 Å². The van der Waals surface area contributed by atoms with Crippen LogP contribution in [0.5, 0.6) is 0 Å². The summed E-state index contributed by atoms with van der Waals surface area (Å²) >= 11 is 1.60. The van der Waals surface area contributed by atoms with Gasteiger partial charge >= 0.3 is 11.9 Å². The van der Waals surface area contributed by atoms with Gasteiger partial charge in [0.25, 0.3) is 0 Å². The van der Waals surface area contributed by atoms with Crippen LogP contribution in [-0.4, -0.2) is 27.9 Å². The minimum atomic E-state index is -0.918. The maximum absolute atomic E-state index is 10.8. The van der Waals surface area contributed by atoms with Crippen LogP contribution < -0.4 is 0 Å². The molecular weight excluding hydrogens is 252 g/mol. The first-order valence-electron chi connectivity index (χ1n) is 5.77. The van der Waals surface area contributed by atoms with Crippen LogP contribution in [0.2, 0.25) is 0 Å². The normalized spacial score (nSPS) is 10.2. The van der Waals surface area contributed by atoms with Crippen molar-refractivity contribution in [1.82, 2.24) is 0 Å². The van der Waals surface area contributed by atoms with E-state index < -0.39 is 11.9 Å². The van der Waals surface area contributed by atoms with Crippen molar-refractivity contribution >= 4 is 23.7 Å². The Morgan fingerprint density at radius 2 is 1.89 bits per heavy atom. The molecule has 0 spiro atoms. The highest BCUT2D eigenvalue weighted by atomic mass is 32.2. The maximum atomic E-state index is 10.8. The number of benzene rings is 1. The molecule has 0 heterocycles. The summed E-state index contributed by atoms with van der Waals surface area (Å²) in [7, 11) is 0. The highest BCUT2D eigenvalue weighted by molar-refractivity contribution is 7.99. The number of aliphatic carboxylic acids is 1. The summed E-state index contributed by atoms with van der Waals surface area (Å²) < 4.78 is 0. The minimum Gasteiger partial charge on any atom is -0.481 e. The fourth-order valence-corrected chi connectivity index (χ4v) is 2.43. The van der Waals surface area contributed by atoms with Crippen LogP contribution in [0.15, 0.2) is 29.2 Å². The molecule has 0 bridgehead atoms. The van der Waals surface area contributed by atoms with Crippen molar-refractivity contribution < 1.29 is 19.8 Å². The maximum Gasteiger partial charge on any atom is 0.335 e. The summed E-state index contributed by atoms with van der Waals surface area (Å²) in [6, 6.07) is 6.84. The molecule has 1 rings (SSSR count). The molecule has 0 aliphatic heterocycles. The molecule has 1 aromatic carbocycles. The molecule has 18 heavy (non-hydrogen) atoms. The lowest BCUT2D eigenvalue weighted by molar-refractivity contribution is -0.137. The van der Waals surface area contributed by atoms with Crippen molar-refractivity contribution in [3.05, 3.63) is 29.8 Å². The Morgan fingerprint density at radius 3 is 2.56 bits per heavy atom. The topological polar surface area (TPSA) is 74.6 Å². The van der Waals surface area contributed by atoms with E-state index in [2.05, 4.69) is 0 Å². The Kier molecular flexibility index (Phi) is 6.28. The van der Waals surface area contributed by atoms with Gasteiger partial charge in [0.1, 0.15) is 0 Å². The van der Waals surface area contributed by atoms with Gasteiger partial charge in [-0.05, 0) is 36.8 Å². The predicted molar refractivity (Wildman–Crippen MR) is 70.2 cm³/mol. The van der Waals surface area contributed by atoms with Crippen LogP contribution in [0.3, 0.4) is 0 Å². The Hall–Kier alpha value is -1.49. The van der Waals surface area contributed by atoms with Gasteiger partial charge < -0.3 is 10.2 Å². The molecule has 0 fully saturated rings. The van der Waals surface area contributed by atoms with Crippen molar-refractivity contribution in [1.29, 1.82) is 0 Å². The van der Waals surface area contributed by atoms with E-state index in [0.717, 1.165) is 23.5 Å². The quantitative estimate of drug-likeness (QED) is 0.559. The highest BCUT2D eigenvalue weighted by Crippen LogP contribution is 2.21. The zero-order valence-corrected chi connectivity index (χ0v) is 10.8. The molecular formula is C13H16O4S. The second-order valence-corrected chi connectivity index (χ2v) is 5.05. The first-order chi connectivity index (χ1) is 8.59. The zero-order valence-electron chi connectivity index (χ0n) is 9.96. The molecule has 5 heteroatoms. The van der Waals surface area contributed by atoms with E-state index in [-0.39, 0.29) is 6.42 Å². The van der Waals surface area contributed by atoms with Gasteiger partial charge in [0.05, 0.1) is 5.56 Å². The number of carbonyl (C=O) groups is 2. The summed E-state index contributed by atoms with van der Waals surface area (Å²) in [4.78, 5) is 22.0. The molecule has 0 aliphatic carbocycles. The largest absolute Gasteiger partial charge is 0.481 e. The van der Waals surface area contributed by atoms with Gasteiger partial charge in [-0.1, -0.05) is 12.5 Å². The number of aromatic carboxylic acids is 1. The zero-order chi connectivity index (χ0) is 13.4. The highest BCUT2D eigenvalue weighted by Gasteiger charge is 2.03. The average molecular weight is 268 g/mol. The average Bonchev–Trinajstić information content (AvgIpc) is 2.33. The fourth-order valence-electron chi connectivity index (χ4n) is 1.46. The number of carboxylic acid groups (broad SMARTS) is 2. The van der Waals surface area contributed by atoms with Crippen LogP contribution in [-0.2, 0) is 4.79 Å². The van der Waals surface area contributed by atoms with Crippen LogP contribution in [0, 0.1) is 0 Å². The van der Waals surface area contributed by atoms with Crippen LogP contribution >= 0.6 is 11.8 Å². The lowest BCUT2D eigenvalue weighted by Crippen LogP contribution is -1.95. The van der Waals surface area contributed by atoms with Gasteiger partial charge in [-0.15, -0.1) is 11.8 Å². The molecule has 0 saturated heterocycles. The molecule has 1 aromatic rings. The van der Waals surface area contributed by atoms with Crippen molar-refractivity contribution in [2.24, 2.45) is 0 Å². The summed E-state index contributed by atoms with van der Waals surface area (Å²) in [5, 5.41) is 17.3. The monoisotopic (exact) mass is 268 g/mol. The Labute approximate surface area is 110 Å². The smallest absolute Gasteiger partial charge is 0.335 e. The third kappa shape index (κ3) is 5.72. The van der Waals surface area contributed by atoms with E-state index in [1.54, 1.807) is 30.0 Å². The molecule has 0 amide bonds. The Balaban J connectivity index is 2.25. The molecule has 2 N–H and O–H groups in total. The third-order valence-corrected chi connectivity index (χ3v) is 3.46. The lowest BCUT2D eigenvalue weighted by Gasteiger charge is -2.02. The fraction of sp³-hybridized carbons (Fsp3) is 0.385. The Morgan fingerprint density at radius 1 is 1.11 bits per heavy atom. The number of thioether (sulfide) groups is 1. The van der Waals surface area contributed by atoms with E-state index >= 15 is 0 Å². The number of hydrogen-bond donors (Lipinski definition) is 2. The number of rotatable bonds is 8. The van der Waals surface area contributed by atoms with Gasteiger partial charge in [0.2, 0.25) is 0 Å². The lowest BCUT2D eigenvalue weighted by atomic mass is 10.2. The van der Waals surface area contributed by atoms with Crippen LogP contribution in [0.25, 0.3) is 0 Å². The van der Waals surface area contributed by atoms with Gasteiger partial charge in [0, 0.05) is 11.3 Å². The SMILES string of the molecule is O=C(O)CCCCCSc1cccc(C(=O)O)c1. The van der Waals surface area contributed by atoms with Crippen molar-refractivity contribution in [2.45, 2.75) is 30.6 Å². The second-order valence-electron chi connectivity index (χ2n) is 3.89. The second kappa shape index (κ2) is 7.76. The van der Waals surface area contributed by atoms with Crippen LogP contribution in [0.4, 0.5) is 0 Å².